The second-order valence-electron chi connectivity index (χ2n) is 9.09. The number of amides is 2. The number of Topliss-reactive ketones (excluding diaryl/α,β-unsaturated/α-hetero) is 1. The summed E-state index contributed by atoms with van der Waals surface area (Å²) in [6.07, 6.45) is 10.5. The molecule has 3 heterocycles. The van der Waals surface area contributed by atoms with Gasteiger partial charge in [0.15, 0.2) is 5.78 Å². The second kappa shape index (κ2) is 10.2. The van der Waals surface area contributed by atoms with E-state index in [4.69, 9.17) is 5.73 Å². The summed E-state index contributed by atoms with van der Waals surface area (Å²) < 4.78 is 2.01. The molecular weight excluding hydrogens is 420 g/mol. The van der Waals surface area contributed by atoms with Crippen molar-refractivity contribution < 1.29 is 14.4 Å². The number of rotatable bonds is 7. The first-order chi connectivity index (χ1) is 15.9. The number of nitrogens with zero attached hydrogens (tertiary/aromatic N) is 5. The van der Waals surface area contributed by atoms with Gasteiger partial charge in [-0.2, -0.15) is 0 Å². The van der Waals surface area contributed by atoms with Crippen molar-refractivity contribution in [1.82, 2.24) is 24.3 Å². The molecule has 2 aromatic heterocycles. The zero-order chi connectivity index (χ0) is 23.4. The number of nitrogens with two attached hydrogens (primary N) is 1. The molecule has 2 aromatic rings. The standard InChI is InChI=1S/C24H32N6O3/c1-17-19(23(25)32)13-21(30(17)15-18-5-3-2-4-6-18)22(31)16-28-9-11-29(12-10-28)24(33)20-14-26-7-8-27-20/h7-8,13-14,18H,2-6,9-12,15-16H2,1H3,(H2,25,32). The number of ketones is 1. The van der Waals surface area contributed by atoms with Gasteiger partial charge >= 0.3 is 0 Å². The highest BCUT2D eigenvalue weighted by molar-refractivity contribution is 6.01. The predicted octanol–water partition coefficient (Wildman–Crippen LogP) is 1.91. The molecule has 0 radical (unpaired) electrons. The van der Waals surface area contributed by atoms with Crippen molar-refractivity contribution >= 4 is 17.6 Å². The minimum atomic E-state index is -0.500. The van der Waals surface area contributed by atoms with Crippen molar-refractivity contribution in [1.29, 1.82) is 0 Å². The molecule has 1 aliphatic carbocycles. The number of carbonyl (C=O) groups excluding carboxylic acids is 3. The summed E-state index contributed by atoms with van der Waals surface area (Å²) in [4.78, 5) is 49.7. The van der Waals surface area contributed by atoms with E-state index in [0.29, 0.717) is 49.0 Å². The SMILES string of the molecule is Cc1c(C(N)=O)cc(C(=O)CN2CCN(C(=O)c3cnccn3)CC2)n1CC1CCCCC1. The lowest BCUT2D eigenvalue weighted by Gasteiger charge is -2.34. The predicted molar refractivity (Wildman–Crippen MR) is 123 cm³/mol. The zero-order valence-corrected chi connectivity index (χ0v) is 19.2. The molecule has 0 unspecified atom stereocenters. The van der Waals surface area contributed by atoms with Crippen LogP contribution in [0.3, 0.4) is 0 Å². The fourth-order valence-corrected chi connectivity index (χ4v) is 4.95. The minimum absolute atomic E-state index is 0.0184. The summed E-state index contributed by atoms with van der Waals surface area (Å²) in [5, 5.41) is 0. The van der Waals surface area contributed by atoms with E-state index >= 15 is 0 Å². The Hall–Kier alpha value is -3.07. The van der Waals surface area contributed by atoms with Crippen LogP contribution in [0, 0.1) is 12.8 Å². The highest BCUT2D eigenvalue weighted by Crippen LogP contribution is 2.27. The Balaban J connectivity index is 1.41. The lowest BCUT2D eigenvalue weighted by Crippen LogP contribution is -2.50. The van der Waals surface area contributed by atoms with E-state index in [1.165, 1.54) is 37.9 Å². The lowest BCUT2D eigenvalue weighted by molar-refractivity contribution is 0.0617. The van der Waals surface area contributed by atoms with Crippen molar-refractivity contribution in [2.45, 2.75) is 45.6 Å². The molecule has 2 amide bonds. The maximum atomic E-state index is 13.3. The van der Waals surface area contributed by atoms with Crippen molar-refractivity contribution in [3.63, 3.8) is 0 Å². The van der Waals surface area contributed by atoms with Crippen molar-refractivity contribution in [2.75, 3.05) is 32.7 Å². The lowest BCUT2D eigenvalue weighted by atomic mass is 9.89. The molecule has 1 aliphatic heterocycles. The van der Waals surface area contributed by atoms with Crippen LogP contribution >= 0.6 is 0 Å². The van der Waals surface area contributed by atoms with E-state index < -0.39 is 5.91 Å². The maximum absolute atomic E-state index is 13.3. The Morgan fingerprint density at radius 1 is 1.06 bits per heavy atom. The van der Waals surface area contributed by atoms with Gasteiger partial charge in [0.25, 0.3) is 11.8 Å². The summed E-state index contributed by atoms with van der Waals surface area (Å²) in [5.41, 5.74) is 7.67. The number of hydrogen-bond acceptors (Lipinski definition) is 6. The number of hydrogen-bond donors (Lipinski definition) is 1. The second-order valence-corrected chi connectivity index (χ2v) is 9.09. The normalized spacial score (nSPS) is 17.8. The smallest absolute Gasteiger partial charge is 0.274 e. The summed E-state index contributed by atoms with van der Waals surface area (Å²) >= 11 is 0. The number of aromatic nitrogens is 3. The average molecular weight is 453 g/mol. The molecular formula is C24H32N6O3. The summed E-state index contributed by atoms with van der Waals surface area (Å²) in [5.74, 6) is -0.139. The van der Waals surface area contributed by atoms with Gasteiger partial charge in [0.1, 0.15) is 5.69 Å². The topological polar surface area (TPSA) is 114 Å². The molecule has 0 atom stereocenters. The Morgan fingerprint density at radius 3 is 2.42 bits per heavy atom. The van der Waals surface area contributed by atoms with Gasteiger partial charge < -0.3 is 15.2 Å². The quantitative estimate of drug-likeness (QED) is 0.642. The molecule has 2 fully saturated rings. The van der Waals surface area contributed by atoms with Crippen molar-refractivity contribution in [3.05, 3.63) is 47.3 Å². The highest BCUT2D eigenvalue weighted by Gasteiger charge is 2.27. The van der Waals surface area contributed by atoms with Gasteiger partial charge in [-0.1, -0.05) is 19.3 Å². The number of primary amides is 1. The molecule has 2 N–H and O–H groups in total. The summed E-state index contributed by atoms with van der Waals surface area (Å²) in [6, 6.07) is 1.66. The monoisotopic (exact) mass is 452 g/mol. The van der Waals surface area contributed by atoms with E-state index in [-0.39, 0.29) is 18.2 Å². The van der Waals surface area contributed by atoms with E-state index in [0.717, 1.165) is 25.1 Å². The fraction of sp³-hybridized carbons (Fsp3) is 0.542. The third kappa shape index (κ3) is 5.30. The third-order valence-corrected chi connectivity index (χ3v) is 6.89. The molecule has 1 saturated heterocycles. The van der Waals surface area contributed by atoms with Gasteiger partial charge in [-0.15, -0.1) is 0 Å². The van der Waals surface area contributed by atoms with Crippen molar-refractivity contribution in [3.8, 4) is 0 Å². The third-order valence-electron chi connectivity index (χ3n) is 6.89. The van der Waals surface area contributed by atoms with Crippen LogP contribution in [0.15, 0.2) is 24.7 Å². The van der Waals surface area contributed by atoms with Crippen LogP contribution in [-0.4, -0.2) is 74.7 Å². The largest absolute Gasteiger partial charge is 0.366 e. The van der Waals surface area contributed by atoms with Gasteiger partial charge in [-0.3, -0.25) is 24.3 Å². The van der Waals surface area contributed by atoms with Crippen LogP contribution < -0.4 is 5.73 Å². The first-order valence-corrected chi connectivity index (χ1v) is 11.7. The highest BCUT2D eigenvalue weighted by atomic mass is 16.2. The molecule has 0 aromatic carbocycles. The molecule has 2 aliphatic rings. The molecule has 176 valence electrons. The van der Waals surface area contributed by atoms with Crippen LogP contribution in [0.4, 0.5) is 0 Å². The Kier molecular flexibility index (Phi) is 7.17. The number of piperazine rings is 1. The summed E-state index contributed by atoms with van der Waals surface area (Å²) in [6.45, 7) is 5.12. The molecule has 33 heavy (non-hydrogen) atoms. The number of carbonyl (C=O) groups is 3. The minimum Gasteiger partial charge on any atom is -0.366 e. The van der Waals surface area contributed by atoms with E-state index in [1.54, 1.807) is 11.0 Å². The van der Waals surface area contributed by atoms with Gasteiger partial charge in [0.05, 0.1) is 24.0 Å². The first-order valence-electron chi connectivity index (χ1n) is 11.7. The van der Waals surface area contributed by atoms with Crippen LogP contribution in [0.2, 0.25) is 0 Å². The van der Waals surface area contributed by atoms with Crippen LogP contribution in [-0.2, 0) is 6.54 Å². The fourth-order valence-electron chi connectivity index (χ4n) is 4.95. The van der Waals surface area contributed by atoms with Gasteiger partial charge in [-0.25, -0.2) is 4.98 Å². The van der Waals surface area contributed by atoms with Gasteiger partial charge in [-0.05, 0) is 31.7 Å². The molecule has 1 saturated carbocycles. The van der Waals surface area contributed by atoms with Crippen LogP contribution in [0.25, 0.3) is 0 Å². The molecule has 4 rings (SSSR count). The van der Waals surface area contributed by atoms with E-state index in [2.05, 4.69) is 14.9 Å². The van der Waals surface area contributed by atoms with E-state index in [1.807, 2.05) is 11.5 Å². The molecule has 0 spiro atoms. The van der Waals surface area contributed by atoms with Crippen LogP contribution in [0.5, 0.6) is 0 Å². The first kappa shape index (κ1) is 23.1. The van der Waals surface area contributed by atoms with Gasteiger partial charge in [0, 0.05) is 50.8 Å². The van der Waals surface area contributed by atoms with Crippen LogP contribution in [0.1, 0.15) is 69.1 Å². The zero-order valence-electron chi connectivity index (χ0n) is 19.2. The Bertz CT molecular complexity index is 1000. The maximum Gasteiger partial charge on any atom is 0.274 e. The molecule has 0 bridgehead atoms. The van der Waals surface area contributed by atoms with Crippen molar-refractivity contribution in [2.24, 2.45) is 11.7 Å². The average Bonchev–Trinajstić information content (AvgIpc) is 3.16. The molecule has 9 nitrogen and oxygen atoms in total. The Morgan fingerprint density at radius 2 is 1.79 bits per heavy atom. The Labute approximate surface area is 194 Å². The summed E-state index contributed by atoms with van der Waals surface area (Å²) in [7, 11) is 0. The van der Waals surface area contributed by atoms with Gasteiger partial charge in [0.2, 0.25) is 0 Å². The van der Waals surface area contributed by atoms with E-state index in [9.17, 15) is 14.4 Å². The molecule has 9 heteroatoms.